The monoisotopic (exact) mass is 457 g/mol. The van der Waals surface area contributed by atoms with Crippen molar-refractivity contribution in [2.24, 2.45) is 0 Å². The van der Waals surface area contributed by atoms with Crippen LogP contribution in [0.2, 0.25) is 0 Å². The fraction of sp³-hybridized carbons (Fsp3) is 0.250. The predicted octanol–water partition coefficient (Wildman–Crippen LogP) is 3.81. The Morgan fingerprint density at radius 2 is 2.07 bits per heavy atom. The molecule has 8 nitrogen and oxygen atoms in total. The summed E-state index contributed by atoms with van der Waals surface area (Å²) in [4.78, 5) is 33.4. The van der Waals surface area contributed by atoms with Gasteiger partial charge in [0.15, 0.2) is 0 Å². The molecule has 1 atom stereocenters. The fourth-order valence-corrected chi connectivity index (χ4v) is 4.27. The minimum absolute atomic E-state index is 0.155. The van der Waals surface area contributed by atoms with E-state index in [2.05, 4.69) is 41.4 Å². The van der Waals surface area contributed by atoms with E-state index in [1.54, 1.807) is 24.5 Å². The van der Waals surface area contributed by atoms with E-state index in [-0.39, 0.29) is 11.9 Å². The molecule has 1 unspecified atom stereocenters. The smallest absolute Gasteiger partial charge is 0.404 e. The molecule has 2 aromatic heterocycles. The van der Waals surface area contributed by atoms with Gasteiger partial charge in [-0.2, -0.15) is 0 Å². The lowest BCUT2D eigenvalue weighted by Gasteiger charge is -2.35. The van der Waals surface area contributed by atoms with Crippen LogP contribution in [0.1, 0.15) is 23.2 Å². The number of carbonyl (C=O) groups is 2. The molecule has 3 aromatic rings. The minimum atomic E-state index is -1.02. The van der Waals surface area contributed by atoms with Gasteiger partial charge in [0.2, 0.25) is 0 Å². The predicted molar refractivity (Wildman–Crippen MR) is 115 cm³/mol. The van der Waals surface area contributed by atoms with Crippen molar-refractivity contribution in [3.63, 3.8) is 0 Å². The zero-order valence-electron chi connectivity index (χ0n) is 15.5. The summed E-state index contributed by atoms with van der Waals surface area (Å²) in [6.07, 6.45) is 4.07. The molecule has 0 spiro atoms. The van der Waals surface area contributed by atoms with Gasteiger partial charge in [-0.25, -0.2) is 9.78 Å². The van der Waals surface area contributed by atoms with E-state index in [4.69, 9.17) is 5.11 Å². The van der Waals surface area contributed by atoms with Gasteiger partial charge in [0.05, 0.1) is 21.2 Å². The van der Waals surface area contributed by atoms with Crippen molar-refractivity contribution in [1.29, 1.82) is 0 Å². The number of rotatable bonds is 4. The number of anilines is 2. The highest BCUT2D eigenvalue weighted by atomic mass is 79.9. The summed E-state index contributed by atoms with van der Waals surface area (Å²) in [5, 5.41) is 15.4. The van der Waals surface area contributed by atoms with Crippen LogP contribution in [0.4, 0.5) is 16.2 Å². The van der Waals surface area contributed by atoms with Gasteiger partial charge in [-0.05, 0) is 40.9 Å². The topological polar surface area (TPSA) is 110 Å². The van der Waals surface area contributed by atoms with Crippen molar-refractivity contribution in [2.75, 3.05) is 23.3 Å². The van der Waals surface area contributed by atoms with Crippen LogP contribution in [0.15, 0.2) is 47.2 Å². The van der Waals surface area contributed by atoms with Crippen molar-refractivity contribution < 1.29 is 14.7 Å². The van der Waals surface area contributed by atoms with Gasteiger partial charge < -0.3 is 25.6 Å². The lowest BCUT2D eigenvalue weighted by molar-refractivity contribution is 0.102. The number of hydrogen-bond acceptors (Lipinski definition) is 4. The van der Waals surface area contributed by atoms with Crippen LogP contribution in [0.5, 0.6) is 0 Å². The number of halogens is 1. The summed E-state index contributed by atoms with van der Waals surface area (Å²) >= 11 is 3.59. The lowest BCUT2D eigenvalue weighted by Crippen LogP contribution is -2.47. The zero-order chi connectivity index (χ0) is 20.4. The first-order chi connectivity index (χ1) is 14.0. The number of fused-ring (bicyclic) bond motifs is 1. The van der Waals surface area contributed by atoms with Gasteiger partial charge in [-0.15, -0.1) is 0 Å². The molecule has 0 radical (unpaired) electrons. The van der Waals surface area contributed by atoms with E-state index in [1.165, 1.54) is 0 Å². The Balaban J connectivity index is 1.69. The Hall–Kier alpha value is -3.07. The molecule has 29 heavy (non-hydrogen) atoms. The molecule has 1 fully saturated rings. The van der Waals surface area contributed by atoms with E-state index in [9.17, 15) is 9.59 Å². The van der Waals surface area contributed by atoms with Crippen LogP contribution in [-0.2, 0) is 0 Å². The second-order valence-corrected chi connectivity index (χ2v) is 7.79. The van der Waals surface area contributed by atoms with Gasteiger partial charge in [0.1, 0.15) is 5.65 Å². The molecular weight excluding hydrogens is 438 g/mol. The number of nitrogens with zero attached hydrogens (tertiary/aromatic N) is 2. The normalized spacial score (nSPS) is 16.6. The number of H-pyrrole nitrogens is 1. The number of nitrogens with one attached hydrogen (secondary N) is 3. The number of pyridine rings is 1. The number of carbonyl (C=O) groups excluding carboxylic acids is 1. The molecule has 0 aliphatic carbocycles. The number of aromatic nitrogens is 2. The highest BCUT2D eigenvalue weighted by Gasteiger charge is 2.26. The van der Waals surface area contributed by atoms with Gasteiger partial charge >= 0.3 is 6.09 Å². The van der Waals surface area contributed by atoms with Gasteiger partial charge in [0, 0.05) is 37.1 Å². The van der Waals surface area contributed by atoms with Gasteiger partial charge in [-0.3, -0.25) is 4.79 Å². The Labute approximate surface area is 175 Å². The minimum Gasteiger partial charge on any atom is -0.465 e. The summed E-state index contributed by atoms with van der Waals surface area (Å²) in [5.74, 6) is -0.207. The summed E-state index contributed by atoms with van der Waals surface area (Å²) in [5.41, 5.74) is 2.73. The van der Waals surface area contributed by atoms with Crippen molar-refractivity contribution in [2.45, 2.75) is 18.9 Å². The largest absolute Gasteiger partial charge is 0.465 e. The summed E-state index contributed by atoms with van der Waals surface area (Å²) < 4.78 is 0.788. The summed E-state index contributed by atoms with van der Waals surface area (Å²) in [6, 6.07) is 8.85. The van der Waals surface area contributed by atoms with Gasteiger partial charge in [-0.1, -0.05) is 18.2 Å². The maximum Gasteiger partial charge on any atom is 0.404 e. The molecule has 1 aromatic carbocycles. The van der Waals surface area contributed by atoms with Crippen LogP contribution in [0, 0.1) is 0 Å². The molecule has 1 aliphatic rings. The summed E-state index contributed by atoms with van der Waals surface area (Å²) in [6.45, 7) is 1.33. The number of benzene rings is 1. The van der Waals surface area contributed by atoms with E-state index >= 15 is 0 Å². The first-order valence-electron chi connectivity index (χ1n) is 9.29. The van der Waals surface area contributed by atoms with Crippen molar-refractivity contribution >= 4 is 50.3 Å². The average molecular weight is 458 g/mol. The number of aromatic amines is 1. The average Bonchev–Trinajstić information content (AvgIpc) is 3.11. The Kier molecular flexibility index (Phi) is 5.39. The molecule has 150 valence electrons. The third kappa shape index (κ3) is 4.04. The highest BCUT2D eigenvalue weighted by Crippen LogP contribution is 2.39. The molecule has 1 saturated heterocycles. The Morgan fingerprint density at radius 1 is 1.28 bits per heavy atom. The van der Waals surface area contributed by atoms with Crippen LogP contribution >= 0.6 is 15.9 Å². The first kappa shape index (κ1) is 19.3. The Morgan fingerprint density at radius 3 is 2.83 bits per heavy atom. The van der Waals surface area contributed by atoms with Crippen molar-refractivity contribution in [3.05, 3.63) is 52.8 Å². The van der Waals surface area contributed by atoms with Crippen LogP contribution in [0.25, 0.3) is 11.0 Å². The highest BCUT2D eigenvalue weighted by molar-refractivity contribution is 9.10. The third-order valence-electron chi connectivity index (χ3n) is 4.98. The quantitative estimate of drug-likeness (QED) is 0.475. The van der Waals surface area contributed by atoms with Gasteiger partial charge in [0.25, 0.3) is 5.91 Å². The second-order valence-electron chi connectivity index (χ2n) is 6.94. The van der Waals surface area contributed by atoms with Crippen LogP contribution in [0.3, 0.4) is 0 Å². The second kappa shape index (κ2) is 8.12. The lowest BCUT2D eigenvalue weighted by atomic mass is 10.0. The maximum absolute atomic E-state index is 12.7. The summed E-state index contributed by atoms with van der Waals surface area (Å²) in [7, 11) is 0. The zero-order valence-corrected chi connectivity index (χ0v) is 17.1. The maximum atomic E-state index is 12.7. The fourth-order valence-electron chi connectivity index (χ4n) is 3.72. The van der Waals surface area contributed by atoms with Crippen LogP contribution in [-0.4, -0.2) is 46.2 Å². The number of hydrogen-bond donors (Lipinski definition) is 4. The molecule has 2 amide bonds. The van der Waals surface area contributed by atoms with E-state index < -0.39 is 6.09 Å². The van der Waals surface area contributed by atoms with Crippen molar-refractivity contribution in [1.82, 2.24) is 15.3 Å². The Bertz CT molecular complexity index is 1050. The van der Waals surface area contributed by atoms with E-state index in [0.717, 1.165) is 34.9 Å². The molecule has 4 N–H and O–H groups in total. The molecule has 4 rings (SSSR count). The number of piperidine rings is 1. The van der Waals surface area contributed by atoms with Crippen molar-refractivity contribution in [3.8, 4) is 0 Å². The number of carboxylic acid groups (broad SMARTS) is 1. The number of amides is 2. The molecule has 0 saturated carbocycles. The molecular formula is C20H20BrN5O3. The third-order valence-corrected chi connectivity index (χ3v) is 5.56. The molecule has 0 bridgehead atoms. The molecule has 3 heterocycles. The first-order valence-corrected chi connectivity index (χ1v) is 10.1. The van der Waals surface area contributed by atoms with E-state index in [0.29, 0.717) is 23.4 Å². The van der Waals surface area contributed by atoms with Crippen LogP contribution < -0.4 is 15.5 Å². The SMILES string of the molecule is O=C(O)NC1CCCN(c2c(Br)cnc3[nH]cc(NC(=O)c4ccccc4)c23)C1. The standard InChI is InChI=1S/C20H20BrN5O3/c21-14-9-22-18-16(17(14)26-8-4-7-13(11-26)24-20(28)29)15(10-23-18)25-19(27)12-5-2-1-3-6-12/h1-3,5-6,9-10,13,24H,4,7-8,11H2,(H,22,23)(H,25,27)(H,28,29). The molecule has 1 aliphatic heterocycles. The van der Waals surface area contributed by atoms with E-state index in [1.807, 2.05) is 18.2 Å². The molecule has 9 heteroatoms.